The van der Waals surface area contributed by atoms with E-state index in [1.165, 1.54) is 11.3 Å². The molecule has 0 saturated carbocycles. The van der Waals surface area contributed by atoms with Gasteiger partial charge in [-0.15, -0.1) is 21.5 Å². The summed E-state index contributed by atoms with van der Waals surface area (Å²) in [5, 5.41) is 17.4. The Labute approximate surface area is 67.9 Å². The molecule has 1 aromatic rings. The van der Waals surface area contributed by atoms with E-state index in [1.807, 2.05) is 6.92 Å². The maximum absolute atomic E-state index is 10.2. The maximum atomic E-state index is 10.2. The molecule has 11 heavy (non-hydrogen) atoms. The van der Waals surface area contributed by atoms with Gasteiger partial charge in [-0.25, -0.2) is 0 Å². The summed E-state index contributed by atoms with van der Waals surface area (Å²) >= 11 is 1.36. The van der Waals surface area contributed by atoms with Crippen LogP contribution in [0.1, 0.15) is 16.9 Å². The lowest BCUT2D eigenvalue weighted by Crippen LogP contribution is -1.98. The molecule has 0 radical (unpaired) electrons. The third-order valence-corrected chi connectivity index (χ3v) is 2.18. The Morgan fingerprint density at radius 3 is 2.64 bits per heavy atom. The average molecular weight is 172 g/mol. The van der Waals surface area contributed by atoms with Gasteiger partial charge in [0.2, 0.25) is 0 Å². The van der Waals surface area contributed by atoms with Crippen molar-refractivity contribution in [1.82, 2.24) is 10.2 Å². The first-order valence-electron chi connectivity index (χ1n) is 3.25. The first-order valence-corrected chi connectivity index (χ1v) is 4.07. The normalized spacial score (nSPS) is 9.91. The molecule has 1 N–H and O–H groups in total. The second-order valence-corrected chi connectivity index (χ2v) is 3.16. The van der Waals surface area contributed by atoms with Crippen LogP contribution in [0.5, 0.6) is 0 Å². The van der Waals surface area contributed by atoms with Crippen molar-refractivity contribution in [3.63, 3.8) is 0 Å². The number of hydrogen-bond acceptors (Lipinski definition) is 4. The van der Waals surface area contributed by atoms with Crippen LogP contribution in [0.25, 0.3) is 0 Å². The SMILES string of the molecule is CCc1nnc(CC(=O)O)s1. The number of carboxylic acid groups (broad SMARTS) is 1. The highest BCUT2D eigenvalue weighted by Crippen LogP contribution is 2.10. The van der Waals surface area contributed by atoms with Gasteiger partial charge in [0, 0.05) is 0 Å². The Morgan fingerprint density at radius 1 is 1.55 bits per heavy atom. The molecule has 1 rings (SSSR count). The van der Waals surface area contributed by atoms with E-state index in [0.717, 1.165) is 11.4 Å². The minimum Gasteiger partial charge on any atom is -0.481 e. The Hall–Kier alpha value is -0.970. The van der Waals surface area contributed by atoms with Gasteiger partial charge in [0.25, 0.3) is 0 Å². The molecule has 5 heteroatoms. The van der Waals surface area contributed by atoms with E-state index in [2.05, 4.69) is 10.2 Å². The van der Waals surface area contributed by atoms with Crippen LogP contribution in [-0.4, -0.2) is 21.3 Å². The van der Waals surface area contributed by atoms with E-state index in [1.54, 1.807) is 0 Å². The standard InChI is InChI=1S/C6H8N2O2S/c1-2-4-7-8-5(11-4)3-6(9)10/h2-3H2,1H3,(H,9,10). The van der Waals surface area contributed by atoms with Gasteiger partial charge >= 0.3 is 5.97 Å². The monoisotopic (exact) mass is 172 g/mol. The molecule has 1 aromatic heterocycles. The maximum Gasteiger partial charge on any atom is 0.310 e. The van der Waals surface area contributed by atoms with E-state index in [0.29, 0.717) is 5.01 Å². The first kappa shape index (κ1) is 8.13. The third kappa shape index (κ3) is 2.27. The van der Waals surface area contributed by atoms with E-state index < -0.39 is 5.97 Å². The van der Waals surface area contributed by atoms with Crippen LogP contribution >= 0.6 is 11.3 Å². The Balaban J connectivity index is 2.65. The number of carboxylic acids is 1. The molecule has 0 atom stereocenters. The summed E-state index contributed by atoms with van der Waals surface area (Å²) in [5.41, 5.74) is 0. The quantitative estimate of drug-likeness (QED) is 0.730. The second kappa shape index (κ2) is 3.43. The average Bonchev–Trinajstić information content (AvgIpc) is 2.34. The van der Waals surface area contributed by atoms with Crippen molar-refractivity contribution in [2.24, 2.45) is 0 Å². The van der Waals surface area contributed by atoms with Crippen molar-refractivity contribution in [3.05, 3.63) is 10.0 Å². The summed E-state index contributed by atoms with van der Waals surface area (Å²) in [6.45, 7) is 1.96. The summed E-state index contributed by atoms with van der Waals surface area (Å²) in [4.78, 5) is 10.2. The van der Waals surface area contributed by atoms with Crippen molar-refractivity contribution in [1.29, 1.82) is 0 Å². The molecule has 60 valence electrons. The topological polar surface area (TPSA) is 63.1 Å². The second-order valence-electron chi connectivity index (χ2n) is 2.01. The lowest BCUT2D eigenvalue weighted by atomic mass is 10.5. The van der Waals surface area contributed by atoms with Crippen molar-refractivity contribution in [2.45, 2.75) is 19.8 Å². The summed E-state index contributed by atoms with van der Waals surface area (Å²) in [6.07, 6.45) is 0.801. The van der Waals surface area contributed by atoms with Crippen LogP contribution in [-0.2, 0) is 17.6 Å². The van der Waals surface area contributed by atoms with Crippen LogP contribution < -0.4 is 0 Å². The molecule has 0 fully saturated rings. The van der Waals surface area contributed by atoms with Crippen molar-refractivity contribution in [2.75, 3.05) is 0 Å². The number of carbonyl (C=O) groups is 1. The van der Waals surface area contributed by atoms with Crippen LogP contribution in [0.2, 0.25) is 0 Å². The zero-order valence-electron chi connectivity index (χ0n) is 6.07. The minimum absolute atomic E-state index is 0.0162. The van der Waals surface area contributed by atoms with E-state index in [9.17, 15) is 4.79 Å². The number of aryl methyl sites for hydroxylation is 1. The Morgan fingerprint density at radius 2 is 2.18 bits per heavy atom. The fraction of sp³-hybridized carbons (Fsp3) is 0.500. The summed E-state index contributed by atoms with van der Waals surface area (Å²) in [6, 6.07) is 0. The van der Waals surface area contributed by atoms with Crippen LogP contribution in [0.15, 0.2) is 0 Å². The summed E-state index contributed by atoms with van der Waals surface area (Å²) in [5.74, 6) is -0.858. The van der Waals surface area contributed by atoms with Crippen molar-refractivity contribution >= 4 is 17.3 Å². The highest BCUT2D eigenvalue weighted by Gasteiger charge is 2.05. The predicted octanol–water partition coefficient (Wildman–Crippen LogP) is 0.728. The molecule has 0 aliphatic heterocycles. The fourth-order valence-electron chi connectivity index (χ4n) is 0.632. The molecule has 0 bridgehead atoms. The van der Waals surface area contributed by atoms with Gasteiger partial charge in [0.15, 0.2) is 0 Å². The van der Waals surface area contributed by atoms with Crippen LogP contribution in [0.3, 0.4) is 0 Å². The van der Waals surface area contributed by atoms with E-state index in [4.69, 9.17) is 5.11 Å². The van der Waals surface area contributed by atoms with Crippen molar-refractivity contribution < 1.29 is 9.90 Å². The molecule has 0 aliphatic rings. The Bertz CT molecular complexity index is 259. The molecule has 0 aromatic carbocycles. The summed E-state index contributed by atoms with van der Waals surface area (Å²) in [7, 11) is 0. The van der Waals surface area contributed by atoms with Gasteiger partial charge in [0.1, 0.15) is 10.0 Å². The zero-order valence-corrected chi connectivity index (χ0v) is 6.89. The Kier molecular flexibility index (Phi) is 2.53. The minimum atomic E-state index is -0.858. The number of nitrogens with zero attached hydrogens (tertiary/aromatic N) is 2. The zero-order chi connectivity index (χ0) is 8.27. The predicted molar refractivity (Wildman–Crippen MR) is 40.6 cm³/mol. The summed E-state index contributed by atoms with van der Waals surface area (Å²) < 4.78 is 0. The van der Waals surface area contributed by atoms with Crippen molar-refractivity contribution in [3.8, 4) is 0 Å². The molecular weight excluding hydrogens is 164 g/mol. The van der Waals surface area contributed by atoms with Gasteiger partial charge in [-0.05, 0) is 6.42 Å². The molecule has 4 nitrogen and oxygen atoms in total. The number of rotatable bonds is 3. The van der Waals surface area contributed by atoms with E-state index >= 15 is 0 Å². The van der Waals surface area contributed by atoms with E-state index in [-0.39, 0.29) is 6.42 Å². The third-order valence-electron chi connectivity index (χ3n) is 1.11. The highest BCUT2D eigenvalue weighted by atomic mass is 32.1. The first-order chi connectivity index (χ1) is 5.22. The number of aliphatic carboxylic acids is 1. The van der Waals surface area contributed by atoms with Gasteiger partial charge in [-0.2, -0.15) is 0 Å². The lowest BCUT2D eigenvalue weighted by molar-refractivity contribution is -0.136. The molecule has 0 unspecified atom stereocenters. The molecule has 0 saturated heterocycles. The largest absolute Gasteiger partial charge is 0.481 e. The van der Waals surface area contributed by atoms with Crippen LogP contribution in [0.4, 0.5) is 0 Å². The lowest BCUT2D eigenvalue weighted by Gasteiger charge is -1.83. The van der Waals surface area contributed by atoms with Crippen LogP contribution in [0, 0.1) is 0 Å². The number of aromatic nitrogens is 2. The number of hydrogen-bond donors (Lipinski definition) is 1. The molecule has 1 heterocycles. The van der Waals surface area contributed by atoms with Gasteiger partial charge in [-0.3, -0.25) is 4.79 Å². The molecular formula is C6H8N2O2S. The molecule has 0 aliphatic carbocycles. The highest BCUT2D eigenvalue weighted by molar-refractivity contribution is 7.11. The molecule has 0 amide bonds. The fourth-order valence-corrected chi connectivity index (χ4v) is 1.41. The van der Waals surface area contributed by atoms with Gasteiger partial charge in [-0.1, -0.05) is 6.92 Å². The van der Waals surface area contributed by atoms with Gasteiger partial charge < -0.3 is 5.11 Å². The molecule has 0 spiro atoms. The van der Waals surface area contributed by atoms with Gasteiger partial charge in [0.05, 0.1) is 6.42 Å². The smallest absolute Gasteiger partial charge is 0.310 e.